The van der Waals surface area contributed by atoms with Crippen molar-refractivity contribution in [2.45, 2.75) is 19.4 Å². The molecule has 0 unspecified atom stereocenters. The summed E-state index contributed by atoms with van der Waals surface area (Å²) in [6, 6.07) is 8.31. The SMILES string of the molecule is c1cncc(-n2cccc2CNCCN2CCCC2)c1. The van der Waals surface area contributed by atoms with Gasteiger partial charge in [0.1, 0.15) is 0 Å². The molecule has 2 aromatic heterocycles. The van der Waals surface area contributed by atoms with Crippen molar-refractivity contribution in [3.63, 3.8) is 0 Å². The minimum Gasteiger partial charge on any atom is -0.318 e. The average Bonchev–Trinajstić information content (AvgIpc) is 3.16. The summed E-state index contributed by atoms with van der Waals surface area (Å²) in [5, 5.41) is 3.54. The standard InChI is InChI=1S/C16H22N4/c1-2-10-19(9-1)12-8-18-14-16-6-4-11-20(16)15-5-3-7-17-13-15/h3-7,11,13,18H,1-2,8-10,12,14H2. The molecule has 1 fully saturated rings. The molecule has 0 atom stereocenters. The largest absolute Gasteiger partial charge is 0.318 e. The number of hydrogen-bond donors (Lipinski definition) is 1. The topological polar surface area (TPSA) is 33.1 Å². The van der Waals surface area contributed by atoms with Gasteiger partial charge in [-0.05, 0) is 50.2 Å². The van der Waals surface area contributed by atoms with Crippen LogP contribution in [-0.2, 0) is 6.54 Å². The first-order valence-corrected chi connectivity index (χ1v) is 7.43. The summed E-state index contributed by atoms with van der Waals surface area (Å²) < 4.78 is 2.19. The molecule has 1 saturated heterocycles. The van der Waals surface area contributed by atoms with Crippen molar-refractivity contribution >= 4 is 0 Å². The van der Waals surface area contributed by atoms with Gasteiger partial charge in [0.25, 0.3) is 0 Å². The van der Waals surface area contributed by atoms with E-state index >= 15 is 0 Å². The molecule has 0 radical (unpaired) electrons. The van der Waals surface area contributed by atoms with Crippen LogP contribution in [0.3, 0.4) is 0 Å². The third kappa shape index (κ3) is 3.26. The van der Waals surface area contributed by atoms with Gasteiger partial charge in [-0.2, -0.15) is 0 Å². The van der Waals surface area contributed by atoms with Crippen molar-refractivity contribution in [3.8, 4) is 5.69 Å². The summed E-state index contributed by atoms with van der Waals surface area (Å²) >= 11 is 0. The Bertz CT molecular complexity index is 514. The number of nitrogens with zero attached hydrogens (tertiary/aromatic N) is 3. The number of aromatic nitrogens is 2. The van der Waals surface area contributed by atoms with Gasteiger partial charge < -0.3 is 14.8 Å². The van der Waals surface area contributed by atoms with Gasteiger partial charge >= 0.3 is 0 Å². The highest BCUT2D eigenvalue weighted by Gasteiger charge is 2.10. The summed E-state index contributed by atoms with van der Waals surface area (Å²) in [6.07, 6.45) is 8.52. The van der Waals surface area contributed by atoms with E-state index in [0.717, 1.165) is 25.3 Å². The fourth-order valence-electron chi connectivity index (χ4n) is 2.77. The van der Waals surface area contributed by atoms with E-state index in [2.05, 4.69) is 44.2 Å². The highest BCUT2D eigenvalue weighted by molar-refractivity contribution is 5.31. The highest BCUT2D eigenvalue weighted by atomic mass is 15.2. The summed E-state index contributed by atoms with van der Waals surface area (Å²) in [5.41, 5.74) is 2.40. The Hall–Kier alpha value is -1.65. The minimum atomic E-state index is 0.899. The molecule has 1 aliphatic rings. The predicted octanol–water partition coefficient (Wildman–Crippen LogP) is 2.06. The van der Waals surface area contributed by atoms with Crippen LogP contribution in [0.5, 0.6) is 0 Å². The zero-order valence-corrected chi connectivity index (χ0v) is 11.8. The lowest BCUT2D eigenvalue weighted by atomic mass is 10.3. The fraction of sp³-hybridized carbons (Fsp3) is 0.438. The summed E-state index contributed by atoms with van der Waals surface area (Å²) in [4.78, 5) is 6.72. The lowest BCUT2D eigenvalue weighted by Gasteiger charge is -2.15. The van der Waals surface area contributed by atoms with Gasteiger partial charge in [0.2, 0.25) is 0 Å². The Morgan fingerprint density at radius 3 is 2.85 bits per heavy atom. The van der Waals surface area contributed by atoms with Gasteiger partial charge in [-0.25, -0.2) is 0 Å². The molecular weight excluding hydrogens is 248 g/mol. The summed E-state index contributed by atoms with van der Waals surface area (Å²) in [6.45, 7) is 5.66. The Kier molecular flexibility index (Phi) is 4.46. The molecule has 1 aliphatic heterocycles. The summed E-state index contributed by atoms with van der Waals surface area (Å²) in [7, 11) is 0. The van der Waals surface area contributed by atoms with E-state index in [9.17, 15) is 0 Å². The van der Waals surface area contributed by atoms with E-state index < -0.39 is 0 Å². The first-order valence-electron chi connectivity index (χ1n) is 7.43. The predicted molar refractivity (Wildman–Crippen MR) is 80.9 cm³/mol. The number of rotatable bonds is 6. The quantitative estimate of drug-likeness (QED) is 0.816. The molecule has 106 valence electrons. The highest BCUT2D eigenvalue weighted by Crippen LogP contribution is 2.11. The number of hydrogen-bond acceptors (Lipinski definition) is 3. The smallest absolute Gasteiger partial charge is 0.0636 e. The molecule has 0 aromatic carbocycles. The third-order valence-corrected chi connectivity index (χ3v) is 3.87. The first-order chi connectivity index (χ1) is 9.93. The molecule has 3 heterocycles. The van der Waals surface area contributed by atoms with Crippen LogP contribution in [0, 0.1) is 0 Å². The van der Waals surface area contributed by atoms with Crippen LogP contribution in [0.2, 0.25) is 0 Å². The van der Waals surface area contributed by atoms with Crippen LogP contribution in [0.4, 0.5) is 0 Å². The van der Waals surface area contributed by atoms with E-state index in [1.165, 1.54) is 31.6 Å². The van der Waals surface area contributed by atoms with Crippen LogP contribution in [0.25, 0.3) is 5.69 Å². The normalized spacial score (nSPS) is 15.8. The third-order valence-electron chi connectivity index (χ3n) is 3.87. The van der Waals surface area contributed by atoms with Gasteiger partial charge in [0, 0.05) is 37.7 Å². The molecule has 0 aliphatic carbocycles. The van der Waals surface area contributed by atoms with Crippen LogP contribution >= 0.6 is 0 Å². The fourth-order valence-corrected chi connectivity index (χ4v) is 2.77. The van der Waals surface area contributed by atoms with Gasteiger partial charge in [-0.1, -0.05) is 0 Å². The number of nitrogens with one attached hydrogen (secondary N) is 1. The molecule has 4 heteroatoms. The Morgan fingerprint density at radius 1 is 1.15 bits per heavy atom. The molecule has 0 amide bonds. The molecule has 3 rings (SSSR count). The molecule has 0 spiro atoms. The lowest BCUT2D eigenvalue weighted by Crippen LogP contribution is -2.30. The second-order valence-electron chi connectivity index (χ2n) is 5.31. The van der Waals surface area contributed by atoms with Crippen molar-refractivity contribution in [1.82, 2.24) is 19.8 Å². The maximum atomic E-state index is 4.18. The van der Waals surface area contributed by atoms with E-state index in [1.807, 2.05) is 12.3 Å². The van der Waals surface area contributed by atoms with Crippen molar-refractivity contribution < 1.29 is 0 Å². The molecule has 2 aromatic rings. The zero-order chi connectivity index (χ0) is 13.6. The van der Waals surface area contributed by atoms with Crippen molar-refractivity contribution in [3.05, 3.63) is 48.5 Å². The van der Waals surface area contributed by atoms with Crippen LogP contribution < -0.4 is 5.32 Å². The second kappa shape index (κ2) is 6.68. The Labute approximate surface area is 120 Å². The second-order valence-corrected chi connectivity index (χ2v) is 5.31. The van der Waals surface area contributed by atoms with E-state index in [4.69, 9.17) is 0 Å². The Morgan fingerprint density at radius 2 is 2.05 bits per heavy atom. The average molecular weight is 270 g/mol. The lowest BCUT2D eigenvalue weighted by molar-refractivity contribution is 0.335. The van der Waals surface area contributed by atoms with Crippen molar-refractivity contribution in [1.29, 1.82) is 0 Å². The zero-order valence-electron chi connectivity index (χ0n) is 11.8. The van der Waals surface area contributed by atoms with E-state index in [0.29, 0.717) is 0 Å². The van der Waals surface area contributed by atoms with E-state index in [-0.39, 0.29) is 0 Å². The minimum absolute atomic E-state index is 0.899. The monoisotopic (exact) mass is 270 g/mol. The van der Waals surface area contributed by atoms with Crippen molar-refractivity contribution in [2.24, 2.45) is 0 Å². The first kappa shape index (κ1) is 13.3. The molecule has 4 nitrogen and oxygen atoms in total. The number of likely N-dealkylation sites (tertiary alicyclic amines) is 1. The molecule has 0 saturated carbocycles. The maximum Gasteiger partial charge on any atom is 0.0636 e. The Balaban J connectivity index is 1.52. The van der Waals surface area contributed by atoms with Gasteiger partial charge in [0.05, 0.1) is 11.9 Å². The van der Waals surface area contributed by atoms with Gasteiger partial charge in [0.15, 0.2) is 0 Å². The molecule has 0 bridgehead atoms. The van der Waals surface area contributed by atoms with Crippen molar-refractivity contribution in [2.75, 3.05) is 26.2 Å². The van der Waals surface area contributed by atoms with Crippen LogP contribution in [-0.4, -0.2) is 40.6 Å². The maximum absolute atomic E-state index is 4.18. The van der Waals surface area contributed by atoms with Crippen LogP contribution in [0.1, 0.15) is 18.5 Å². The molecule has 1 N–H and O–H groups in total. The van der Waals surface area contributed by atoms with Gasteiger partial charge in [-0.3, -0.25) is 4.98 Å². The summed E-state index contributed by atoms with van der Waals surface area (Å²) in [5.74, 6) is 0. The van der Waals surface area contributed by atoms with E-state index in [1.54, 1.807) is 6.20 Å². The number of pyridine rings is 1. The molecule has 20 heavy (non-hydrogen) atoms. The van der Waals surface area contributed by atoms with Crippen LogP contribution in [0.15, 0.2) is 42.9 Å². The molecular formula is C16H22N4. The van der Waals surface area contributed by atoms with Gasteiger partial charge in [-0.15, -0.1) is 0 Å².